The van der Waals surface area contributed by atoms with Gasteiger partial charge in [-0.25, -0.2) is 0 Å². The molecule has 0 bridgehead atoms. The molecular formula is C16H17ClN2O. The minimum Gasteiger partial charge on any atom is -0.372 e. The Hall–Kier alpha value is -1.39. The third-order valence-corrected chi connectivity index (χ3v) is 3.95. The van der Waals surface area contributed by atoms with E-state index < -0.39 is 0 Å². The van der Waals surface area contributed by atoms with Crippen LogP contribution in [-0.4, -0.2) is 0 Å². The zero-order valence-electron chi connectivity index (χ0n) is 11.1. The lowest BCUT2D eigenvalue weighted by atomic mass is 9.96. The van der Waals surface area contributed by atoms with Crippen LogP contribution in [0.4, 0.5) is 0 Å². The summed E-state index contributed by atoms with van der Waals surface area (Å²) in [5.41, 5.74) is 7.83. The number of nitrogens with two attached hydrogens (primary N) is 1. The molecule has 4 heteroatoms. The Kier molecular flexibility index (Phi) is 4.03. The SMILES string of the molecule is NNC(Cc1ccc(Cl)cc1)c1ccc2c(c1)COC2. The highest BCUT2D eigenvalue weighted by molar-refractivity contribution is 6.30. The number of nitrogens with one attached hydrogen (secondary N) is 1. The molecule has 3 N–H and O–H groups in total. The number of hydrogen-bond acceptors (Lipinski definition) is 3. The molecule has 0 aromatic heterocycles. The summed E-state index contributed by atoms with van der Waals surface area (Å²) in [5.74, 6) is 5.72. The van der Waals surface area contributed by atoms with Crippen LogP contribution in [0, 0.1) is 0 Å². The first-order valence-corrected chi connectivity index (χ1v) is 7.04. The molecule has 0 aliphatic carbocycles. The van der Waals surface area contributed by atoms with Crippen molar-refractivity contribution < 1.29 is 4.74 Å². The number of benzene rings is 2. The van der Waals surface area contributed by atoms with Gasteiger partial charge in [-0.1, -0.05) is 41.9 Å². The molecule has 0 spiro atoms. The van der Waals surface area contributed by atoms with E-state index in [1.807, 2.05) is 24.3 Å². The van der Waals surface area contributed by atoms with Gasteiger partial charge in [-0.15, -0.1) is 0 Å². The normalized spacial score (nSPS) is 15.1. The van der Waals surface area contributed by atoms with Crippen LogP contribution in [0.2, 0.25) is 5.02 Å². The van der Waals surface area contributed by atoms with Gasteiger partial charge in [-0.05, 0) is 40.8 Å². The lowest BCUT2D eigenvalue weighted by Crippen LogP contribution is -2.29. The van der Waals surface area contributed by atoms with Crippen LogP contribution in [0.5, 0.6) is 0 Å². The second-order valence-electron chi connectivity index (χ2n) is 5.07. The Bertz CT molecular complexity index is 598. The van der Waals surface area contributed by atoms with Crippen molar-refractivity contribution in [2.24, 2.45) is 5.84 Å². The van der Waals surface area contributed by atoms with Gasteiger partial charge >= 0.3 is 0 Å². The van der Waals surface area contributed by atoms with Crippen LogP contribution < -0.4 is 11.3 Å². The molecule has 2 aromatic rings. The number of hydrazine groups is 1. The molecule has 0 saturated carbocycles. The molecule has 2 aromatic carbocycles. The highest BCUT2D eigenvalue weighted by atomic mass is 35.5. The summed E-state index contributed by atoms with van der Waals surface area (Å²) in [6.45, 7) is 1.41. The van der Waals surface area contributed by atoms with Gasteiger partial charge in [-0.3, -0.25) is 11.3 Å². The van der Waals surface area contributed by atoms with Gasteiger partial charge in [0.05, 0.1) is 13.2 Å². The topological polar surface area (TPSA) is 47.3 Å². The Morgan fingerprint density at radius 1 is 1.10 bits per heavy atom. The predicted octanol–water partition coefficient (Wildman–Crippen LogP) is 3.12. The number of hydrogen-bond donors (Lipinski definition) is 2. The molecule has 0 fully saturated rings. The van der Waals surface area contributed by atoms with Gasteiger partial charge in [0, 0.05) is 11.1 Å². The first kappa shape index (κ1) is 13.6. The molecule has 1 heterocycles. The number of halogens is 1. The van der Waals surface area contributed by atoms with Crippen LogP contribution in [0.15, 0.2) is 42.5 Å². The van der Waals surface area contributed by atoms with E-state index >= 15 is 0 Å². The van der Waals surface area contributed by atoms with E-state index in [1.54, 1.807) is 0 Å². The molecule has 3 rings (SSSR count). The average molecular weight is 289 g/mol. The second kappa shape index (κ2) is 5.94. The fourth-order valence-electron chi connectivity index (χ4n) is 2.54. The summed E-state index contributed by atoms with van der Waals surface area (Å²) in [6.07, 6.45) is 0.827. The number of ether oxygens (including phenoxy) is 1. The first-order chi connectivity index (χ1) is 9.76. The molecule has 1 aliphatic heterocycles. The highest BCUT2D eigenvalue weighted by Gasteiger charge is 2.16. The smallest absolute Gasteiger partial charge is 0.0725 e. The lowest BCUT2D eigenvalue weighted by molar-refractivity contribution is 0.134. The molecule has 0 radical (unpaired) electrons. The summed E-state index contributed by atoms with van der Waals surface area (Å²) in [6, 6.07) is 14.4. The highest BCUT2D eigenvalue weighted by Crippen LogP contribution is 2.25. The van der Waals surface area contributed by atoms with Crippen molar-refractivity contribution in [2.75, 3.05) is 0 Å². The van der Waals surface area contributed by atoms with Crippen molar-refractivity contribution in [1.29, 1.82) is 0 Å². The van der Waals surface area contributed by atoms with Gasteiger partial charge in [0.25, 0.3) is 0 Å². The van der Waals surface area contributed by atoms with Gasteiger partial charge in [0.1, 0.15) is 0 Å². The first-order valence-electron chi connectivity index (χ1n) is 6.66. The maximum atomic E-state index is 5.91. The van der Waals surface area contributed by atoms with E-state index in [0.29, 0.717) is 13.2 Å². The van der Waals surface area contributed by atoms with Crippen LogP contribution in [-0.2, 0) is 24.4 Å². The van der Waals surface area contributed by atoms with Crippen LogP contribution in [0.25, 0.3) is 0 Å². The maximum Gasteiger partial charge on any atom is 0.0725 e. The fraction of sp³-hybridized carbons (Fsp3) is 0.250. The second-order valence-corrected chi connectivity index (χ2v) is 5.51. The van der Waals surface area contributed by atoms with Crippen molar-refractivity contribution in [3.63, 3.8) is 0 Å². The fourth-order valence-corrected chi connectivity index (χ4v) is 2.66. The molecule has 0 saturated heterocycles. The van der Waals surface area contributed by atoms with Gasteiger partial charge in [0.15, 0.2) is 0 Å². The van der Waals surface area contributed by atoms with Crippen molar-refractivity contribution in [1.82, 2.24) is 5.43 Å². The van der Waals surface area contributed by atoms with E-state index in [-0.39, 0.29) is 6.04 Å². The standard InChI is InChI=1S/C16H17ClN2O/c17-15-5-1-11(2-6-15)7-16(19-18)12-3-4-13-9-20-10-14(13)8-12/h1-6,8,16,19H,7,9-10,18H2. The van der Waals surface area contributed by atoms with Crippen molar-refractivity contribution in [3.05, 3.63) is 69.7 Å². The van der Waals surface area contributed by atoms with Crippen LogP contribution in [0.1, 0.15) is 28.3 Å². The van der Waals surface area contributed by atoms with E-state index in [4.69, 9.17) is 22.2 Å². The van der Waals surface area contributed by atoms with E-state index in [9.17, 15) is 0 Å². The average Bonchev–Trinajstić information content (AvgIpc) is 2.94. The summed E-state index contributed by atoms with van der Waals surface area (Å²) in [7, 11) is 0. The summed E-state index contributed by atoms with van der Waals surface area (Å²) >= 11 is 5.91. The Morgan fingerprint density at radius 2 is 1.85 bits per heavy atom. The molecule has 1 unspecified atom stereocenters. The quantitative estimate of drug-likeness (QED) is 0.671. The minimum absolute atomic E-state index is 0.0853. The largest absolute Gasteiger partial charge is 0.372 e. The minimum atomic E-state index is 0.0853. The van der Waals surface area contributed by atoms with Gasteiger partial charge in [0.2, 0.25) is 0 Å². The molecular weight excluding hydrogens is 272 g/mol. The third-order valence-electron chi connectivity index (χ3n) is 3.70. The summed E-state index contributed by atoms with van der Waals surface area (Å²) < 4.78 is 5.45. The van der Waals surface area contributed by atoms with Gasteiger partial charge in [-0.2, -0.15) is 0 Å². The Balaban J connectivity index is 1.81. The zero-order chi connectivity index (χ0) is 13.9. The lowest BCUT2D eigenvalue weighted by Gasteiger charge is -2.17. The van der Waals surface area contributed by atoms with Crippen LogP contribution in [0.3, 0.4) is 0 Å². The third kappa shape index (κ3) is 2.86. The summed E-state index contributed by atoms with van der Waals surface area (Å²) in [5, 5.41) is 0.751. The number of fused-ring (bicyclic) bond motifs is 1. The molecule has 0 amide bonds. The van der Waals surface area contributed by atoms with Crippen molar-refractivity contribution in [3.8, 4) is 0 Å². The van der Waals surface area contributed by atoms with E-state index in [1.165, 1.54) is 22.3 Å². The molecule has 3 nitrogen and oxygen atoms in total. The number of rotatable bonds is 4. The predicted molar refractivity (Wildman–Crippen MR) is 80.2 cm³/mol. The Morgan fingerprint density at radius 3 is 2.60 bits per heavy atom. The maximum absolute atomic E-state index is 5.91. The summed E-state index contributed by atoms with van der Waals surface area (Å²) in [4.78, 5) is 0. The molecule has 1 aliphatic rings. The Labute approximate surface area is 123 Å². The van der Waals surface area contributed by atoms with Crippen molar-refractivity contribution in [2.45, 2.75) is 25.7 Å². The molecule has 1 atom stereocenters. The zero-order valence-corrected chi connectivity index (χ0v) is 11.9. The van der Waals surface area contributed by atoms with E-state index in [0.717, 1.165) is 11.4 Å². The monoisotopic (exact) mass is 288 g/mol. The molecule has 104 valence electrons. The van der Waals surface area contributed by atoms with Crippen LogP contribution >= 0.6 is 11.6 Å². The van der Waals surface area contributed by atoms with Crippen molar-refractivity contribution >= 4 is 11.6 Å². The molecule has 20 heavy (non-hydrogen) atoms. The van der Waals surface area contributed by atoms with Gasteiger partial charge < -0.3 is 4.74 Å². The van der Waals surface area contributed by atoms with E-state index in [2.05, 4.69) is 23.6 Å².